The molecule has 0 bridgehead atoms. The first-order valence-electron chi connectivity index (χ1n) is 3.85. The molecule has 0 fully saturated rings. The van der Waals surface area contributed by atoms with Gasteiger partial charge in [0.15, 0.2) is 11.5 Å². The number of rotatable bonds is 2. The van der Waals surface area contributed by atoms with Crippen molar-refractivity contribution in [1.82, 2.24) is 0 Å². The summed E-state index contributed by atoms with van der Waals surface area (Å²) in [5.41, 5.74) is 0. The van der Waals surface area contributed by atoms with Crippen LogP contribution in [0.25, 0.3) is 0 Å². The van der Waals surface area contributed by atoms with Gasteiger partial charge in [0.25, 0.3) is 0 Å². The quantitative estimate of drug-likeness (QED) is 0.666. The van der Waals surface area contributed by atoms with E-state index in [9.17, 15) is 0 Å². The van der Waals surface area contributed by atoms with Crippen LogP contribution < -0.4 is 14.2 Å². The minimum absolute atomic E-state index is 0.279. The van der Waals surface area contributed by atoms with Crippen LogP contribution in [-0.4, -0.2) is 13.4 Å². The lowest BCUT2D eigenvalue weighted by molar-refractivity contribution is 0.173. The molecule has 1 aromatic carbocycles. The third-order valence-corrected chi connectivity index (χ3v) is 1.56. The van der Waals surface area contributed by atoms with Crippen molar-refractivity contribution in [2.45, 2.75) is 6.92 Å². The third-order valence-electron chi connectivity index (χ3n) is 1.56. The lowest BCUT2D eigenvalue weighted by Gasteiger charge is -2.01. The summed E-state index contributed by atoms with van der Waals surface area (Å²) in [7, 11) is 0. The second-order valence-corrected chi connectivity index (χ2v) is 2.36. The summed E-state index contributed by atoms with van der Waals surface area (Å²) in [6.45, 7) is 2.84. The van der Waals surface area contributed by atoms with Gasteiger partial charge in [-0.15, -0.1) is 0 Å². The summed E-state index contributed by atoms with van der Waals surface area (Å²) < 4.78 is 15.5. The molecule has 0 aromatic heterocycles. The van der Waals surface area contributed by atoms with E-state index in [1.54, 1.807) is 0 Å². The minimum Gasteiger partial charge on any atom is -0.493 e. The van der Waals surface area contributed by atoms with E-state index in [4.69, 9.17) is 14.2 Å². The molecule has 0 saturated heterocycles. The highest BCUT2D eigenvalue weighted by Gasteiger charge is 2.13. The summed E-state index contributed by atoms with van der Waals surface area (Å²) >= 11 is 0. The lowest BCUT2D eigenvalue weighted by atomic mass is 10.3. The summed E-state index contributed by atoms with van der Waals surface area (Å²) in [5.74, 6) is 2.07. The van der Waals surface area contributed by atoms with E-state index in [0.29, 0.717) is 18.1 Å². The van der Waals surface area contributed by atoms with Crippen LogP contribution in [0.2, 0.25) is 0 Å². The molecule has 1 radical (unpaired) electrons. The monoisotopic (exact) mass is 165 g/mol. The molecular weight excluding hydrogens is 156 g/mol. The van der Waals surface area contributed by atoms with Gasteiger partial charge in [0.1, 0.15) is 5.75 Å². The molecule has 0 unspecified atom stereocenters. The highest BCUT2D eigenvalue weighted by Crippen LogP contribution is 2.34. The van der Waals surface area contributed by atoms with Gasteiger partial charge in [0.05, 0.1) is 12.7 Å². The summed E-state index contributed by atoms with van der Waals surface area (Å²) in [6.07, 6.45) is 0. The average molecular weight is 165 g/mol. The molecule has 0 aliphatic carbocycles. The van der Waals surface area contributed by atoms with Crippen molar-refractivity contribution in [2.24, 2.45) is 0 Å². The van der Waals surface area contributed by atoms with Crippen molar-refractivity contribution in [2.75, 3.05) is 13.4 Å². The Hall–Kier alpha value is -1.38. The fourth-order valence-electron chi connectivity index (χ4n) is 1.05. The molecule has 1 heterocycles. The predicted molar refractivity (Wildman–Crippen MR) is 42.6 cm³/mol. The number of hydrogen-bond donors (Lipinski definition) is 0. The van der Waals surface area contributed by atoms with E-state index < -0.39 is 0 Å². The molecule has 3 heteroatoms. The molecular formula is C9H9O3. The van der Waals surface area contributed by atoms with E-state index >= 15 is 0 Å². The first kappa shape index (κ1) is 7.28. The topological polar surface area (TPSA) is 27.7 Å². The van der Waals surface area contributed by atoms with Gasteiger partial charge in [-0.3, -0.25) is 0 Å². The van der Waals surface area contributed by atoms with Gasteiger partial charge < -0.3 is 14.2 Å². The highest BCUT2D eigenvalue weighted by atomic mass is 16.7. The normalized spacial score (nSPS) is 13.1. The molecule has 12 heavy (non-hydrogen) atoms. The molecule has 1 aromatic rings. The van der Waals surface area contributed by atoms with E-state index in [1.807, 2.05) is 19.1 Å². The SMILES string of the molecule is CCOc1[c]c2c(cc1)OCO2. The van der Waals surface area contributed by atoms with Gasteiger partial charge in [-0.05, 0) is 19.1 Å². The van der Waals surface area contributed by atoms with Gasteiger partial charge >= 0.3 is 0 Å². The van der Waals surface area contributed by atoms with Crippen LogP contribution >= 0.6 is 0 Å². The first-order valence-corrected chi connectivity index (χ1v) is 3.85. The average Bonchev–Trinajstić information content (AvgIpc) is 2.51. The Balaban J connectivity index is 2.26. The zero-order valence-corrected chi connectivity index (χ0v) is 6.79. The fourth-order valence-corrected chi connectivity index (χ4v) is 1.05. The Morgan fingerprint density at radius 1 is 1.50 bits per heavy atom. The van der Waals surface area contributed by atoms with Crippen molar-refractivity contribution < 1.29 is 14.2 Å². The van der Waals surface area contributed by atoms with Crippen molar-refractivity contribution in [3.63, 3.8) is 0 Å². The van der Waals surface area contributed by atoms with Gasteiger partial charge in [0.2, 0.25) is 6.79 Å². The molecule has 0 spiro atoms. The third kappa shape index (κ3) is 1.18. The second-order valence-electron chi connectivity index (χ2n) is 2.36. The van der Waals surface area contributed by atoms with Crippen molar-refractivity contribution in [3.8, 4) is 17.2 Å². The zero-order chi connectivity index (χ0) is 8.39. The maximum atomic E-state index is 5.24. The van der Waals surface area contributed by atoms with Crippen LogP contribution in [-0.2, 0) is 0 Å². The standard InChI is InChI=1S/C9H9O3/c1-2-10-7-3-4-8-9(5-7)12-6-11-8/h3-4H,2,6H2,1H3. The fraction of sp³-hybridized carbons (Fsp3) is 0.333. The van der Waals surface area contributed by atoms with Gasteiger partial charge in [-0.25, -0.2) is 0 Å². The smallest absolute Gasteiger partial charge is 0.231 e. The first-order chi connectivity index (χ1) is 5.90. The van der Waals surface area contributed by atoms with Crippen molar-refractivity contribution in [3.05, 3.63) is 18.2 Å². The van der Waals surface area contributed by atoms with Crippen LogP contribution in [0, 0.1) is 6.07 Å². The number of benzene rings is 1. The molecule has 1 aliphatic rings. The largest absolute Gasteiger partial charge is 0.493 e. The summed E-state index contributed by atoms with van der Waals surface area (Å²) in [5, 5.41) is 0. The van der Waals surface area contributed by atoms with E-state index in [0.717, 1.165) is 5.75 Å². The van der Waals surface area contributed by atoms with E-state index in [1.165, 1.54) is 0 Å². The summed E-state index contributed by atoms with van der Waals surface area (Å²) in [6, 6.07) is 6.60. The molecule has 0 amide bonds. The van der Waals surface area contributed by atoms with E-state index in [2.05, 4.69) is 6.07 Å². The molecule has 2 rings (SSSR count). The summed E-state index contributed by atoms with van der Waals surface area (Å²) in [4.78, 5) is 0. The highest BCUT2D eigenvalue weighted by molar-refractivity contribution is 5.45. The molecule has 3 nitrogen and oxygen atoms in total. The van der Waals surface area contributed by atoms with E-state index in [-0.39, 0.29) is 6.79 Å². The van der Waals surface area contributed by atoms with Gasteiger partial charge in [-0.1, -0.05) is 0 Å². The predicted octanol–water partition coefficient (Wildman–Crippen LogP) is 1.61. The van der Waals surface area contributed by atoms with Crippen LogP contribution in [0.1, 0.15) is 6.92 Å². The van der Waals surface area contributed by atoms with Gasteiger partial charge in [-0.2, -0.15) is 0 Å². The molecule has 0 N–H and O–H groups in total. The van der Waals surface area contributed by atoms with Crippen molar-refractivity contribution in [1.29, 1.82) is 0 Å². The van der Waals surface area contributed by atoms with Crippen molar-refractivity contribution >= 4 is 0 Å². The maximum Gasteiger partial charge on any atom is 0.231 e. The Morgan fingerprint density at radius 2 is 2.42 bits per heavy atom. The lowest BCUT2D eigenvalue weighted by Crippen LogP contribution is -1.93. The van der Waals surface area contributed by atoms with Crippen LogP contribution in [0.3, 0.4) is 0 Å². The molecule has 0 saturated carbocycles. The van der Waals surface area contributed by atoms with Crippen LogP contribution in [0.5, 0.6) is 17.2 Å². The number of ether oxygens (including phenoxy) is 3. The molecule has 63 valence electrons. The molecule has 1 aliphatic heterocycles. The van der Waals surface area contributed by atoms with Gasteiger partial charge in [0, 0.05) is 0 Å². The Morgan fingerprint density at radius 3 is 3.25 bits per heavy atom. The zero-order valence-electron chi connectivity index (χ0n) is 6.79. The Labute approximate surface area is 70.9 Å². The molecule has 0 atom stereocenters. The maximum absolute atomic E-state index is 5.24. The van der Waals surface area contributed by atoms with Crippen LogP contribution in [0.15, 0.2) is 12.1 Å². The number of fused-ring (bicyclic) bond motifs is 1. The van der Waals surface area contributed by atoms with Crippen LogP contribution in [0.4, 0.5) is 0 Å². The number of hydrogen-bond acceptors (Lipinski definition) is 3. The Kier molecular flexibility index (Phi) is 1.78. The second kappa shape index (κ2) is 2.93. The minimum atomic E-state index is 0.279. The Bertz CT molecular complexity index is 283.